The van der Waals surface area contributed by atoms with E-state index in [1.807, 2.05) is 13.0 Å². The number of carbonyl (C=O) groups is 1. The number of amides is 1. The van der Waals surface area contributed by atoms with E-state index in [-0.39, 0.29) is 5.91 Å². The van der Waals surface area contributed by atoms with Crippen LogP contribution in [0.4, 0.5) is 11.9 Å². The summed E-state index contributed by atoms with van der Waals surface area (Å²) in [5.74, 6) is 1.80. The van der Waals surface area contributed by atoms with Gasteiger partial charge < -0.3 is 9.64 Å². The summed E-state index contributed by atoms with van der Waals surface area (Å²) >= 11 is 0. The van der Waals surface area contributed by atoms with Crippen LogP contribution in [-0.4, -0.2) is 40.3 Å². The van der Waals surface area contributed by atoms with Crippen molar-refractivity contribution < 1.29 is 9.53 Å². The highest BCUT2D eigenvalue weighted by Crippen LogP contribution is 2.28. The molecule has 0 bridgehead atoms. The number of hydrogen-bond acceptors (Lipinski definition) is 5. The minimum atomic E-state index is -0.646. The Morgan fingerprint density at radius 2 is 1.96 bits per heavy atom. The quantitative estimate of drug-likeness (QED) is 0.810. The summed E-state index contributed by atoms with van der Waals surface area (Å²) in [4.78, 5) is 19.1. The molecule has 1 aliphatic heterocycles. The Balaban J connectivity index is 1.63. The summed E-state index contributed by atoms with van der Waals surface area (Å²) < 4.78 is 5.96. The molecule has 1 aliphatic rings. The van der Waals surface area contributed by atoms with Gasteiger partial charge in [-0.3, -0.25) is 10.1 Å². The third-order valence-corrected chi connectivity index (χ3v) is 4.82. The first-order valence-corrected chi connectivity index (χ1v) is 9.69. The van der Waals surface area contributed by atoms with Crippen molar-refractivity contribution in [3.05, 3.63) is 29.3 Å². The average Bonchev–Trinajstić information content (AvgIpc) is 3.10. The maximum Gasteiger partial charge on any atom is 0.267 e. The Morgan fingerprint density at radius 1 is 1.22 bits per heavy atom. The van der Waals surface area contributed by atoms with E-state index < -0.39 is 6.10 Å². The number of nitrogens with zero attached hydrogens (tertiary/aromatic N) is 3. The molecule has 2 aromatic rings. The Morgan fingerprint density at radius 3 is 2.67 bits per heavy atom. The Hall–Kier alpha value is -2.57. The van der Waals surface area contributed by atoms with Gasteiger partial charge >= 0.3 is 0 Å². The molecule has 1 atom stereocenters. The summed E-state index contributed by atoms with van der Waals surface area (Å²) in [5.41, 5.74) is 2.19. The van der Waals surface area contributed by atoms with Gasteiger partial charge in [-0.2, -0.15) is 4.98 Å². The molecule has 2 N–H and O–H groups in total. The second-order valence-corrected chi connectivity index (χ2v) is 7.48. The molecule has 1 saturated heterocycles. The summed E-state index contributed by atoms with van der Waals surface area (Å²) in [6, 6.07) is 6.09. The van der Waals surface area contributed by atoms with Crippen molar-refractivity contribution in [2.45, 2.75) is 59.0 Å². The minimum Gasteiger partial charge on any atom is -0.481 e. The van der Waals surface area contributed by atoms with Gasteiger partial charge in [0.05, 0.1) is 0 Å². The normalized spacial score (nSPS) is 15.7. The summed E-state index contributed by atoms with van der Waals surface area (Å²) in [7, 11) is 0. The number of aryl methyl sites for hydroxylation is 1. The predicted molar refractivity (Wildman–Crippen MR) is 106 cm³/mol. The molecular weight excluding hydrogens is 342 g/mol. The van der Waals surface area contributed by atoms with E-state index in [0.717, 1.165) is 42.8 Å². The van der Waals surface area contributed by atoms with E-state index in [0.29, 0.717) is 17.8 Å². The maximum atomic E-state index is 12.5. The lowest BCUT2D eigenvalue weighted by Crippen LogP contribution is -2.31. The van der Waals surface area contributed by atoms with Crippen molar-refractivity contribution in [3.8, 4) is 5.75 Å². The molecule has 2 heterocycles. The third-order valence-electron chi connectivity index (χ3n) is 4.82. The molecule has 7 nitrogen and oxygen atoms in total. The molecule has 0 aliphatic carbocycles. The highest BCUT2D eigenvalue weighted by molar-refractivity contribution is 5.92. The van der Waals surface area contributed by atoms with E-state index in [1.165, 1.54) is 6.42 Å². The molecule has 1 unspecified atom stereocenters. The zero-order valence-corrected chi connectivity index (χ0v) is 16.6. The lowest BCUT2D eigenvalue weighted by atomic mass is 10.0. The van der Waals surface area contributed by atoms with Crippen molar-refractivity contribution in [2.75, 3.05) is 23.3 Å². The lowest BCUT2D eigenvalue weighted by Gasteiger charge is -2.24. The number of aromatic nitrogens is 3. The third kappa shape index (κ3) is 4.78. The largest absolute Gasteiger partial charge is 0.481 e. The molecule has 1 aromatic carbocycles. The van der Waals surface area contributed by atoms with Gasteiger partial charge in [0.1, 0.15) is 5.75 Å². The number of aromatic amines is 1. The zero-order valence-electron chi connectivity index (χ0n) is 16.6. The Kier molecular flexibility index (Phi) is 5.98. The van der Waals surface area contributed by atoms with Crippen LogP contribution in [-0.2, 0) is 4.79 Å². The van der Waals surface area contributed by atoms with Gasteiger partial charge in [-0.15, -0.1) is 5.10 Å². The van der Waals surface area contributed by atoms with Crippen LogP contribution >= 0.6 is 0 Å². The zero-order chi connectivity index (χ0) is 19.4. The highest BCUT2D eigenvalue weighted by atomic mass is 16.5. The number of benzene rings is 1. The molecule has 1 aromatic heterocycles. The van der Waals surface area contributed by atoms with Crippen molar-refractivity contribution in [1.82, 2.24) is 15.2 Å². The molecule has 3 rings (SSSR count). The van der Waals surface area contributed by atoms with Crippen LogP contribution in [0.1, 0.15) is 57.1 Å². The van der Waals surface area contributed by atoms with Crippen LogP contribution in [0, 0.1) is 6.92 Å². The minimum absolute atomic E-state index is 0.257. The SMILES string of the molecule is Cc1ccc(C(C)C)c(OC(C)C(=O)Nc2nc(N3CCCCC3)n[nH]2)c1. The van der Waals surface area contributed by atoms with E-state index >= 15 is 0 Å². The average molecular weight is 371 g/mol. The number of piperidine rings is 1. The maximum absolute atomic E-state index is 12.5. The predicted octanol–water partition coefficient (Wildman–Crippen LogP) is 3.63. The van der Waals surface area contributed by atoms with Gasteiger partial charge in [0.25, 0.3) is 5.91 Å². The van der Waals surface area contributed by atoms with Crippen LogP contribution < -0.4 is 15.0 Å². The van der Waals surface area contributed by atoms with Gasteiger partial charge in [-0.05, 0) is 56.2 Å². The fraction of sp³-hybridized carbons (Fsp3) is 0.550. The van der Waals surface area contributed by atoms with Crippen molar-refractivity contribution in [3.63, 3.8) is 0 Å². The number of hydrogen-bond donors (Lipinski definition) is 2. The molecular formula is C20H29N5O2. The Labute approximate surface area is 160 Å². The molecule has 0 saturated carbocycles. The van der Waals surface area contributed by atoms with Crippen molar-refractivity contribution in [1.29, 1.82) is 0 Å². The summed E-state index contributed by atoms with van der Waals surface area (Å²) in [6.45, 7) is 9.88. The standard InChI is InChI=1S/C20H29N5O2/c1-13(2)16-9-8-14(3)12-17(16)27-15(4)18(26)21-19-22-20(24-23-19)25-10-6-5-7-11-25/h8-9,12-13,15H,5-7,10-11H2,1-4H3,(H2,21,22,23,24,26). The van der Waals surface area contributed by atoms with Gasteiger partial charge in [-0.1, -0.05) is 26.0 Å². The van der Waals surface area contributed by atoms with E-state index in [9.17, 15) is 4.79 Å². The summed E-state index contributed by atoms with van der Waals surface area (Å²) in [5, 5.41) is 9.79. The van der Waals surface area contributed by atoms with Crippen molar-refractivity contribution >= 4 is 17.8 Å². The molecule has 7 heteroatoms. The first kappa shape index (κ1) is 19.2. The highest BCUT2D eigenvalue weighted by Gasteiger charge is 2.20. The molecule has 146 valence electrons. The smallest absolute Gasteiger partial charge is 0.267 e. The molecule has 27 heavy (non-hydrogen) atoms. The number of rotatable bonds is 6. The van der Waals surface area contributed by atoms with Crippen LogP contribution in [0.25, 0.3) is 0 Å². The monoisotopic (exact) mass is 371 g/mol. The number of H-pyrrole nitrogens is 1. The number of ether oxygens (including phenoxy) is 1. The number of nitrogens with one attached hydrogen (secondary N) is 2. The van der Waals surface area contributed by atoms with E-state index in [2.05, 4.69) is 51.4 Å². The number of anilines is 2. The Bertz CT molecular complexity index is 780. The molecule has 1 fully saturated rings. The van der Waals surface area contributed by atoms with Crippen LogP contribution in [0.3, 0.4) is 0 Å². The second kappa shape index (κ2) is 8.41. The molecule has 0 radical (unpaired) electrons. The van der Waals surface area contributed by atoms with Crippen LogP contribution in [0.2, 0.25) is 0 Å². The van der Waals surface area contributed by atoms with Crippen LogP contribution in [0.15, 0.2) is 18.2 Å². The lowest BCUT2D eigenvalue weighted by molar-refractivity contribution is -0.122. The van der Waals surface area contributed by atoms with Gasteiger partial charge in [0.15, 0.2) is 6.10 Å². The van der Waals surface area contributed by atoms with E-state index in [4.69, 9.17) is 4.74 Å². The van der Waals surface area contributed by atoms with Gasteiger partial charge in [-0.25, -0.2) is 5.10 Å². The second-order valence-electron chi connectivity index (χ2n) is 7.48. The first-order chi connectivity index (χ1) is 12.9. The topological polar surface area (TPSA) is 83.1 Å². The number of carbonyl (C=O) groups excluding carboxylic acids is 1. The molecule has 1 amide bonds. The van der Waals surface area contributed by atoms with E-state index in [1.54, 1.807) is 6.92 Å². The fourth-order valence-corrected chi connectivity index (χ4v) is 3.23. The van der Waals surface area contributed by atoms with Crippen molar-refractivity contribution in [2.24, 2.45) is 0 Å². The molecule has 0 spiro atoms. The summed E-state index contributed by atoms with van der Waals surface area (Å²) in [6.07, 6.45) is 2.90. The van der Waals surface area contributed by atoms with Gasteiger partial charge in [0.2, 0.25) is 11.9 Å². The first-order valence-electron chi connectivity index (χ1n) is 9.69. The fourth-order valence-electron chi connectivity index (χ4n) is 3.23. The van der Waals surface area contributed by atoms with Crippen LogP contribution in [0.5, 0.6) is 5.75 Å². The van der Waals surface area contributed by atoms with Gasteiger partial charge in [0, 0.05) is 13.1 Å².